The van der Waals surface area contributed by atoms with Gasteiger partial charge in [-0.1, -0.05) is 0 Å². The van der Waals surface area contributed by atoms with Crippen LogP contribution in [0.15, 0.2) is 18.2 Å². The van der Waals surface area contributed by atoms with Gasteiger partial charge in [-0.05, 0) is 18.2 Å². The highest BCUT2D eigenvalue weighted by molar-refractivity contribution is 5.99. The zero-order valence-corrected chi connectivity index (χ0v) is 11.7. The van der Waals surface area contributed by atoms with Crippen LogP contribution in [-0.4, -0.2) is 49.5 Å². The molecular formula is C13H16ClN3O3. The van der Waals surface area contributed by atoms with E-state index in [9.17, 15) is 9.59 Å². The minimum absolute atomic E-state index is 0. The molecule has 1 saturated heterocycles. The summed E-state index contributed by atoms with van der Waals surface area (Å²) in [6.45, 7) is 3.07. The van der Waals surface area contributed by atoms with E-state index in [1.165, 1.54) is 0 Å². The van der Waals surface area contributed by atoms with Gasteiger partial charge in [0.05, 0.1) is 5.69 Å². The molecule has 108 valence electrons. The van der Waals surface area contributed by atoms with Gasteiger partial charge in [0.1, 0.15) is 5.75 Å². The molecule has 3 rings (SSSR count). The summed E-state index contributed by atoms with van der Waals surface area (Å²) in [6, 6.07) is 5.14. The highest BCUT2D eigenvalue weighted by atomic mass is 35.5. The first-order valence-corrected chi connectivity index (χ1v) is 6.31. The van der Waals surface area contributed by atoms with Gasteiger partial charge in [0.15, 0.2) is 6.61 Å². The van der Waals surface area contributed by atoms with Crippen LogP contribution in [0.1, 0.15) is 10.4 Å². The number of hydrogen-bond acceptors (Lipinski definition) is 4. The number of halogens is 1. The van der Waals surface area contributed by atoms with E-state index in [-0.39, 0.29) is 30.8 Å². The van der Waals surface area contributed by atoms with E-state index in [2.05, 4.69) is 10.6 Å². The van der Waals surface area contributed by atoms with Gasteiger partial charge in [0.2, 0.25) is 0 Å². The van der Waals surface area contributed by atoms with Crippen molar-refractivity contribution in [1.82, 2.24) is 10.2 Å². The summed E-state index contributed by atoms with van der Waals surface area (Å²) in [5.74, 6) is 0.403. The number of nitrogens with zero attached hydrogens (tertiary/aromatic N) is 1. The van der Waals surface area contributed by atoms with E-state index in [1.807, 2.05) is 4.90 Å². The fourth-order valence-electron chi connectivity index (χ4n) is 2.27. The Morgan fingerprint density at radius 1 is 1.25 bits per heavy atom. The molecule has 2 N–H and O–H groups in total. The molecule has 2 aliphatic heterocycles. The van der Waals surface area contributed by atoms with Gasteiger partial charge < -0.3 is 20.3 Å². The molecule has 2 amide bonds. The second kappa shape index (κ2) is 6.11. The Labute approximate surface area is 122 Å². The molecule has 1 fully saturated rings. The third kappa shape index (κ3) is 2.86. The van der Waals surface area contributed by atoms with Crippen molar-refractivity contribution in [2.75, 3.05) is 38.1 Å². The Bertz CT molecular complexity index is 530. The number of fused-ring (bicyclic) bond motifs is 1. The molecule has 0 radical (unpaired) electrons. The number of anilines is 1. The lowest BCUT2D eigenvalue weighted by Crippen LogP contribution is -2.46. The highest BCUT2D eigenvalue weighted by Gasteiger charge is 2.21. The Balaban J connectivity index is 0.00000147. The van der Waals surface area contributed by atoms with Crippen molar-refractivity contribution in [2.45, 2.75) is 0 Å². The lowest BCUT2D eigenvalue weighted by Gasteiger charge is -2.28. The van der Waals surface area contributed by atoms with Gasteiger partial charge in [0, 0.05) is 31.7 Å². The van der Waals surface area contributed by atoms with Crippen LogP contribution < -0.4 is 15.4 Å². The summed E-state index contributed by atoms with van der Waals surface area (Å²) in [7, 11) is 0. The number of benzene rings is 1. The normalized spacial score (nSPS) is 17.4. The number of ether oxygens (including phenoxy) is 1. The number of rotatable bonds is 1. The summed E-state index contributed by atoms with van der Waals surface area (Å²) in [6.07, 6.45) is 0. The largest absolute Gasteiger partial charge is 0.482 e. The first-order valence-electron chi connectivity index (χ1n) is 6.31. The molecule has 0 spiro atoms. The molecule has 0 atom stereocenters. The molecule has 20 heavy (non-hydrogen) atoms. The van der Waals surface area contributed by atoms with Crippen LogP contribution >= 0.6 is 12.4 Å². The van der Waals surface area contributed by atoms with Crippen LogP contribution in [0.2, 0.25) is 0 Å². The smallest absolute Gasteiger partial charge is 0.262 e. The average Bonchev–Trinajstić information content (AvgIpc) is 2.46. The zero-order chi connectivity index (χ0) is 13.2. The van der Waals surface area contributed by atoms with Gasteiger partial charge in [0.25, 0.3) is 11.8 Å². The quantitative estimate of drug-likeness (QED) is 0.791. The number of carbonyl (C=O) groups is 2. The van der Waals surface area contributed by atoms with Crippen molar-refractivity contribution in [3.63, 3.8) is 0 Å². The predicted octanol–water partition coefficient (Wildman–Crippen LogP) is 0.485. The van der Waals surface area contributed by atoms with Gasteiger partial charge in [-0.15, -0.1) is 12.4 Å². The molecule has 0 unspecified atom stereocenters. The van der Waals surface area contributed by atoms with Crippen molar-refractivity contribution in [1.29, 1.82) is 0 Å². The van der Waals surface area contributed by atoms with Crippen molar-refractivity contribution in [2.24, 2.45) is 0 Å². The molecule has 1 aromatic carbocycles. The first kappa shape index (κ1) is 14.6. The van der Waals surface area contributed by atoms with Crippen LogP contribution in [0.5, 0.6) is 5.75 Å². The summed E-state index contributed by atoms with van der Waals surface area (Å²) in [5.41, 5.74) is 1.14. The maximum absolute atomic E-state index is 12.3. The molecule has 0 bridgehead atoms. The summed E-state index contributed by atoms with van der Waals surface area (Å²) in [4.78, 5) is 25.4. The van der Waals surface area contributed by atoms with Crippen molar-refractivity contribution >= 4 is 29.9 Å². The zero-order valence-electron chi connectivity index (χ0n) is 10.8. The van der Waals surface area contributed by atoms with Gasteiger partial charge in [-0.3, -0.25) is 9.59 Å². The fourth-order valence-corrected chi connectivity index (χ4v) is 2.27. The van der Waals surface area contributed by atoms with E-state index in [0.717, 1.165) is 13.1 Å². The van der Waals surface area contributed by atoms with Gasteiger partial charge >= 0.3 is 0 Å². The molecule has 2 aliphatic rings. The molecule has 0 aliphatic carbocycles. The van der Waals surface area contributed by atoms with Crippen molar-refractivity contribution in [3.05, 3.63) is 23.8 Å². The standard InChI is InChI=1S/C13H15N3O3.ClH/c17-12-8-19-11-2-1-9(7-10(11)15-12)13(18)16-5-3-14-4-6-16;/h1-2,7,14H,3-6,8H2,(H,15,17);1H. The Morgan fingerprint density at radius 2 is 2.00 bits per heavy atom. The lowest BCUT2D eigenvalue weighted by molar-refractivity contribution is -0.118. The number of amides is 2. The summed E-state index contributed by atoms with van der Waals surface area (Å²) in [5, 5.41) is 5.92. The highest BCUT2D eigenvalue weighted by Crippen LogP contribution is 2.28. The predicted molar refractivity (Wildman–Crippen MR) is 76.6 cm³/mol. The molecule has 0 saturated carbocycles. The number of piperazine rings is 1. The van der Waals surface area contributed by atoms with Crippen molar-refractivity contribution < 1.29 is 14.3 Å². The van der Waals surface area contributed by atoms with Crippen molar-refractivity contribution in [3.8, 4) is 5.75 Å². The van der Waals surface area contributed by atoms with Gasteiger partial charge in [-0.2, -0.15) is 0 Å². The van der Waals surface area contributed by atoms with E-state index >= 15 is 0 Å². The minimum atomic E-state index is -0.195. The van der Waals surface area contributed by atoms with E-state index in [0.29, 0.717) is 30.1 Å². The third-order valence-corrected chi connectivity index (χ3v) is 3.26. The van der Waals surface area contributed by atoms with Crippen LogP contribution in [0.3, 0.4) is 0 Å². The number of hydrogen-bond donors (Lipinski definition) is 2. The summed E-state index contributed by atoms with van der Waals surface area (Å²) >= 11 is 0. The average molecular weight is 298 g/mol. The number of nitrogens with one attached hydrogen (secondary N) is 2. The molecule has 7 heteroatoms. The van der Waals surface area contributed by atoms with E-state index < -0.39 is 0 Å². The second-order valence-corrected chi connectivity index (χ2v) is 4.59. The Morgan fingerprint density at radius 3 is 2.75 bits per heavy atom. The fraction of sp³-hybridized carbons (Fsp3) is 0.385. The second-order valence-electron chi connectivity index (χ2n) is 4.59. The van der Waals surface area contributed by atoms with Crippen LogP contribution in [0.25, 0.3) is 0 Å². The first-order chi connectivity index (χ1) is 9.24. The minimum Gasteiger partial charge on any atom is -0.482 e. The Hall–Kier alpha value is -1.79. The maximum atomic E-state index is 12.3. The van der Waals surface area contributed by atoms with E-state index in [1.54, 1.807) is 18.2 Å². The molecule has 6 nitrogen and oxygen atoms in total. The maximum Gasteiger partial charge on any atom is 0.262 e. The molecular weight excluding hydrogens is 282 g/mol. The van der Waals surface area contributed by atoms with Crippen LogP contribution in [0.4, 0.5) is 5.69 Å². The van der Waals surface area contributed by atoms with Crippen LogP contribution in [-0.2, 0) is 4.79 Å². The Kier molecular flexibility index (Phi) is 4.46. The summed E-state index contributed by atoms with van der Waals surface area (Å²) < 4.78 is 5.27. The molecule has 0 aromatic heterocycles. The number of carbonyl (C=O) groups excluding carboxylic acids is 2. The third-order valence-electron chi connectivity index (χ3n) is 3.26. The van der Waals surface area contributed by atoms with Crippen LogP contribution in [0, 0.1) is 0 Å². The van der Waals surface area contributed by atoms with Gasteiger partial charge in [-0.25, -0.2) is 0 Å². The molecule has 1 aromatic rings. The molecule has 2 heterocycles. The topological polar surface area (TPSA) is 70.7 Å². The SMILES string of the molecule is Cl.O=C1COc2ccc(C(=O)N3CCNCC3)cc2N1. The van der Waals surface area contributed by atoms with E-state index in [4.69, 9.17) is 4.74 Å². The lowest BCUT2D eigenvalue weighted by atomic mass is 10.1. The monoisotopic (exact) mass is 297 g/mol.